The smallest absolute Gasteiger partial charge is 0.119 e. The Hall–Kier alpha value is -2.33. The molecule has 2 N–H and O–H groups in total. The molecule has 3 rings (SSSR count). The van der Waals surface area contributed by atoms with Crippen LogP contribution in [0.1, 0.15) is 18.3 Å². The van der Waals surface area contributed by atoms with Gasteiger partial charge in [0, 0.05) is 19.5 Å². The van der Waals surface area contributed by atoms with Crippen molar-refractivity contribution in [2.45, 2.75) is 19.9 Å². The van der Waals surface area contributed by atoms with Crippen molar-refractivity contribution in [2.24, 2.45) is 5.73 Å². The lowest BCUT2D eigenvalue weighted by molar-refractivity contribution is 0.340. The van der Waals surface area contributed by atoms with Crippen molar-refractivity contribution in [1.29, 1.82) is 0 Å². The topological polar surface area (TPSA) is 53.1 Å². The van der Waals surface area contributed by atoms with Gasteiger partial charge in [-0.05, 0) is 36.8 Å². The van der Waals surface area contributed by atoms with E-state index in [1.165, 1.54) is 5.56 Å². The number of nitrogens with zero attached hydrogens (tertiary/aromatic N) is 2. The molecular formula is C18H21N3O. The third kappa shape index (κ3) is 2.97. The molecule has 0 saturated heterocycles. The number of hydrogen-bond acceptors (Lipinski definition) is 3. The van der Waals surface area contributed by atoms with Gasteiger partial charge in [0.1, 0.15) is 11.6 Å². The third-order valence-corrected chi connectivity index (χ3v) is 3.68. The van der Waals surface area contributed by atoms with Crippen molar-refractivity contribution in [1.82, 2.24) is 9.55 Å². The minimum absolute atomic E-state index is 0.608. The summed E-state index contributed by atoms with van der Waals surface area (Å²) in [5.74, 6) is 1.96. The van der Waals surface area contributed by atoms with Crippen LogP contribution in [0.3, 0.4) is 0 Å². The lowest BCUT2D eigenvalue weighted by atomic mass is 10.1. The largest absolute Gasteiger partial charge is 0.494 e. The van der Waals surface area contributed by atoms with Gasteiger partial charge in [-0.1, -0.05) is 24.3 Å². The van der Waals surface area contributed by atoms with Gasteiger partial charge in [-0.15, -0.1) is 0 Å². The molecule has 22 heavy (non-hydrogen) atoms. The summed E-state index contributed by atoms with van der Waals surface area (Å²) < 4.78 is 7.70. The molecule has 1 heterocycles. The number of imidazole rings is 1. The summed E-state index contributed by atoms with van der Waals surface area (Å²) in [4.78, 5) is 4.76. The highest BCUT2D eigenvalue weighted by Crippen LogP contribution is 2.20. The van der Waals surface area contributed by atoms with Gasteiger partial charge in [-0.2, -0.15) is 0 Å². The Morgan fingerprint density at radius 1 is 1.09 bits per heavy atom. The van der Waals surface area contributed by atoms with E-state index in [1.807, 2.05) is 37.3 Å². The SMILES string of the molecule is CCOc1ccc(Cc2nc3ccccc3n2CCN)cc1. The zero-order valence-electron chi connectivity index (χ0n) is 12.8. The van der Waals surface area contributed by atoms with Gasteiger partial charge in [0.2, 0.25) is 0 Å². The molecule has 0 fully saturated rings. The molecule has 0 aliphatic heterocycles. The molecule has 0 radical (unpaired) electrons. The van der Waals surface area contributed by atoms with Crippen LogP contribution in [-0.4, -0.2) is 22.7 Å². The summed E-state index contributed by atoms with van der Waals surface area (Å²) in [6, 6.07) is 16.4. The average Bonchev–Trinajstić information content (AvgIpc) is 2.88. The molecule has 3 aromatic rings. The van der Waals surface area contributed by atoms with E-state index in [0.29, 0.717) is 13.2 Å². The van der Waals surface area contributed by atoms with Crippen LogP contribution >= 0.6 is 0 Å². The number of nitrogens with two attached hydrogens (primary N) is 1. The van der Waals surface area contributed by atoms with Gasteiger partial charge in [0.15, 0.2) is 0 Å². The molecule has 0 unspecified atom stereocenters. The van der Waals surface area contributed by atoms with Crippen molar-refractivity contribution < 1.29 is 4.74 Å². The first-order chi connectivity index (χ1) is 10.8. The van der Waals surface area contributed by atoms with Gasteiger partial charge in [0.05, 0.1) is 17.6 Å². The molecule has 0 bridgehead atoms. The maximum atomic E-state index is 5.76. The summed E-state index contributed by atoms with van der Waals surface area (Å²) in [5, 5.41) is 0. The van der Waals surface area contributed by atoms with Crippen LogP contribution < -0.4 is 10.5 Å². The summed E-state index contributed by atoms with van der Waals surface area (Å²) >= 11 is 0. The maximum absolute atomic E-state index is 5.76. The molecule has 4 nitrogen and oxygen atoms in total. The predicted molar refractivity (Wildman–Crippen MR) is 89.2 cm³/mol. The number of fused-ring (bicyclic) bond motifs is 1. The fourth-order valence-electron chi connectivity index (χ4n) is 2.69. The Morgan fingerprint density at radius 3 is 2.59 bits per heavy atom. The molecule has 4 heteroatoms. The van der Waals surface area contributed by atoms with Crippen LogP contribution in [0.2, 0.25) is 0 Å². The van der Waals surface area contributed by atoms with Gasteiger partial charge in [-0.3, -0.25) is 0 Å². The fraction of sp³-hybridized carbons (Fsp3) is 0.278. The van der Waals surface area contributed by atoms with Gasteiger partial charge >= 0.3 is 0 Å². The Balaban J connectivity index is 1.90. The Kier molecular flexibility index (Phi) is 4.39. The van der Waals surface area contributed by atoms with Crippen LogP contribution in [0.4, 0.5) is 0 Å². The number of rotatable bonds is 6. The van der Waals surface area contributed by atoms with Crippen molar-refractivity contribution in [3.63, 3.8) is 0 Å². The molecule has 0 atom stereocenters. The Morgan fingerprint density at radius 2 is 1.86 bits per heavy atom. The first-order valence-corrected chi connectivity index (χ1v) is 7.67. The highest BCUT2D eigenvalue weighted by atomic mass is 16.5. The second-order valence-corrected chi connectivity index (χ2v) is 5.21. The highest BCUT2D eigenvalue weighted by molar-refractivity contribution is 5.76. The normalized spacial score (nSPS) is 11.0. The van der Waals surface area contributed by atoms with Crippen LogP contribution in [0.15, 0.2) is 48.5 Å². The number of benzene rings is 2. The van der Waals surface area contributed by atoms with E-state index < -0.39 is 0 Å². The molecule has 1 aromatic heterocycles. The molecule has 114 valence electrons. The van der Waals surface area contributed by atoms with E-state index in [2.05, 4.69) is 22.8 Å². The monoisotopic (exact) mass is 295 g/mol. The van der Waals surface area contributed by atoms with Crippen LogP contribution in [0.25, 0.3) is 11.0 Å². The van der Waals surface area contributed by atoms with E-state index in [1.54, 1.807) is 0 Å². The Bertz CT molecular complexity index is 747. The zero-order valence-corrected chi connectivity index (χ0v) is 12.8. The van der Waals surface area contributed by atoms with Gasteiger partial charge in [0.25, 0.3) is 0 Å². The lowest BCUT2D eigenvalue weighted by Crippen LogP contribution is -2.12. The summed E-state index contributed by atoms with van der Waals surface area (Å²) in [6.07, 6.45) is 0.793. The van der Waals surface area contributed by atoms with Crippen molar-refractivity contribution in [2.75, 3.05) is 13.2 Å². The minimum Gasteiger partial charge on any atom is -0.494 e. The lowest BCUT2D eigenvalue weighted by Gasteiger charge is -2.08. The second-order valence-electron chi connectivity index (χ2n) is 5.21. The number of ether oxygens (including phenoxy) is 1. The molecular weight excluding hydrogens is 274 g/mol. The van der Waals surface area contributed by atoms with Crippen LogP contribution in [0.5, 0.6) is 5.75 Å². The molecule has 0 aliphatic rings. The third-order valence-electron chi connectivity index (χ3n) is 3.68. The first-order valence-electron chi connectivity index (χ1n) is 7.67. The standard InChI is InChI=1S/C18H21N3O/c1-2-22-15-9-7-14(8-10-15)13-18-20-16-5-3-4-6-17(16)21(18)12-11-19/h3-10H,2,11-13,19H2,1H3. The summed E-state index contributed by atoms with van der Waals surface area (Å²) in [7, 11) is 0. The molecule has 0 saturated carbocycles. The summed E-state index contributed by atoms with van der Waals surface area (Å²) in [5.41, 5.74) is 9.15. The van der Waals surface area contributed by atoms with E-state index >= 15 is 0 Å². The number of aromatic nitrogens is 2. The average molecular weight is 295 g/mol. The van der Waals surface area contributed by atoms with Crippen molar-refractivity contribution in [3.8, 4) is 5.75 Å². The Labute approximate surface area is 130 Å². The highest BCUT2D eigenvalue weighted by Gasteiger charge is 2.10. The van der Waals surface area contributed by atoms with E-state index in [9.17, 15) is 0 Å². The molecule has 0 aliphatic carbocycles. The predicted octanol–water partition coefficient (Wildman–Crippen LogP) is 2.98. The molecule has 2 aromatic carbocycles. The van der Waals surface area contributed by atoms with Crippen LogP contribution in [-0.2, 0) is 13.0 Å². The van der Waals surface area contributed by atoms with Gasteiger partial charge < -0.3 is 15.0 Å². The minimum atomic E-state index is 0.608. The van der Waals surface area contributed by atoms with E-state index in [0.717, 1.165) is 35.6 Å². The maximum Gasteiger partial charge on any atom is 0.119 e. The van der Waals surface area contributed by atoms with Crippen molar-refractivity contribution in [3.05, 3.63) is 59.9 Å². The van der Waals surface area contributed by atoms with E-state index in [4.69, 9.17) is 15.5 Å². The van der Waals surface area contributed by atoms with E-state index in [-0.39, 0.29) is 0 Å². The molecule has 0 spiro atoms. The first kappa shape index (κ1) is 14.6. The number of hydrogen-bond donors (Lipinski definition) is 1. The fourth-order valence-corrected chi connectivity index (χ4v) is 2.69. The number of para-hydroxylation sites is 2. The van der Waals surface area contributed by atoms with Crippen molar-refractivity contribution >= 4 is 11.0 Å². The zero-order chi connectivity index (χ0) is 15.4. The summed E-state index contributed by atoms with van der Waals surface area (Å²) in [6.45, 7) is 4.07. The molecule has 0 amide bonds. The second kappa shape index (κ2) is 6.62. The van der Waals surface area contributed by atoms with Gasteiger partial charge in [-0.25, -0.2) is 4.98 Å². The quantitative estimate of drug-likeness (QED) is 0.760. The van der Waals surface area contributed by atoms with Crippen LogP contribution in [0, 0.1) is 0 Å².